The second-order valence-corrected chi connectivity index (χ2v) is 5.63. The minimum absolute atomic E-state index is 0.159. The lowest BCUT2D eigenvalue weighted by atomic mass is 10.1. The van der Waals surface area contributed by atoms with Crippen LogP contribution in [-0.4, -0.2) is 26.0 Å². The molecule has 0 unspecified atom stereocenters. The molecule has 0 amide bonds. The summed E-state index contributed by atoms with van der Waals surface area (Å²) < 4.78 is 11.0. The second-order valence-electron chi connectivity index (χ2n) is 4.64. The highest BCUT2D eigenvalue weighted by molar-refractivity contribution is 7.10. The van der Waals surface area contributed by atoms with E-state index in [2.05, 4.69) is 41.0 Å². The molecular formula is C17H23NO2S. The average molecular weight is 305 g/mol. The van der Waals surface area contributed by atoms with Crippen LogP contribution in [0.2, 0.25) is 0 Å². The van der Waals surface area contributed by atoms with Crippen LogP contribution in [0, 0.1) is 0 Å². The molecule has 0 saturated carbocycles. The van der Waals surface area contributed by atoms with Gasteiger partial charge in [-0.25, -0.2) is 0 Å². The molecule has 1 heterocycles. The first-order valence-electron chi connectivity index (χ1n) is 7.40. The van der Waals surface area contributed by atoms with Gasteiger partial charge in [0, 0.05) is 31.2 Å². The highest BCUT2D eigenvalue weighted by atomic mass is 32.1. The molecule has 1 N–H and O–H groups in total. The van der Waals surface area contributed by atoms with Gasteiger partial charge in [-0.15, -0.1) is 11.3 Å². The molecule has 2 rings (SSSR count). The fourth-order valence-electron chi connectivity index (χ4n) is 2.11. The maximum absolute atomic E-state index is 5.51. The van der Waals surface area contributed by atoms with E-state index < -0.39 is 0 Å². The monoisotopic (exact) mass is 305 g/mol. The molecule has 3 nitrogen and oxygen atoms in total. The molecule has 0 aliphatic heterocycles. The minimum atomic E-state index is -0.159. The Kier molecular flexibility index (Phi) is 6.89. The molecule has 1 aromatic heterocycles. The Hall–Kier alpha value is -1.20. The number of benzene rings is 1. The first-order valence-corrected chi connectivity index (χ1v) is 8.28. The first kappa shape index (κ1) is 16.2. The fourth-order valence-corrected chi connectivity index (χ4v) is 2.97. The smallest absolute Gasteiger partial charge is 0.169 e. The zero-order chi connectivity index (χ0) is 14.9. The fraction of sp³-hybridized carbons (Fsp3) is 0.412. The third-order valence-corrected chi connectivity index (χ3v) is 4.01. The topological polar surface area (TPSA) is 30.5 Å². The van der Waals surface area contributed by atoms with Crippen LogP contribution in [0.5, 0.6) is 0 Å². The molecule has 0 aliphatic carbocycles. The Morgan fingerprint density at radius 1 is 1.05 bits per heavy atom. The number of nitrogens with one attached hydrogen (secondary N) is 1. The van der Waals surface area contributed by atoms with Crippen LogP contribution in [0.3, 0.4) is 0 Å². The van der Waals surface area contributed by atoms with Crippen molar-refractivity contribution in [1.29, 1.82) is 0 Å². The van der Waals surface area contributed by atoms with Gasteiger partial charge in [0.05, 0.1) is 0 Å². The van der Waals surface area contributed by atoms with Crippen LogP contribution in [0.25, 0.3) is 11.1 Å². The normalized spacial score (nSPS) is 11.2. The van der Waals surface area contributed by atoms with E-state index in [4.69, 9.17) is 9.47 Å². The van der Waals surface area contributed by atoms with E-state index in [-0.39, 0.29) is 6.29 Å². The largest absolute Gasteiger partial charge is 0.352 e. The van der Waals surface area contributed by atoms with Crippen molar-refractivity contribution in [2.75, 3.05) is 19.8 Å². The third kappa shape index (κ3) is 5.25. The van der Waals surface area contributed by atoms with Gasteiger partial charge in [-0.2, -0.15) is 0 Å². The molecule has 0 saturated heterocycles. The predicted molar refractivity (Wildman–Crippen MR) is 88.5 cm³/mol. The molecular weight excluding hydrogens is 282 g/mol. The summed E-state index contributed by atoms with van der Waals surface area (Å²) in [6.07, 6.45) is -0.159. The van der Waals surface area contributed by atoms with Gasteiger partial charge in [-0.3, -0.25) is 0 Å². The summed E-state index contributed by atoms with van der Waals surface area (Å²) in [4.78, 5) is 1.32. The summed E-state index contributed by atoms with van der Waals surface area (Å²) in [6, 6.07) is 12.7. The predicted octanol–water partition coefficient (Wildman–Crippen LogP) is 3.90. The van der Waals surface area contributed by atoms with Crippen LogP contribution in [0.15, 0.2) is 41.8 Å². The zero-order valence-electron chi connectivity index (χ0n) is 12.7. The highest BCUT2D eigenvalue weighted by Crippen LogP contribution is 2.25. The lowest BCUT2D eigenvalue weighted by molar-refractivity contribution is -0.133. The Bertz CT molecular complexity index is 507. The molecule has 21 heavy (non-hydrogen) atoms. The van der Waals surface area contributed by atoms with Gasteiger partial charge in [0.2, 0.25) is 0 Å². The summed E-state index contributed by atoms with van der Waals surface area (Å²) in [6.45, 7) is 6.86. The van der Waals surface area contributed by atoms with Crippen LogP contribution < -0.4 is 5.32 Å². The van der Waals surface area contributed by atoms with Crippen molar-refractivity contribution >= 4 is 11.3 Å². The Balaban J connectivity index is 1.83. The highest BCUT2D eigenvalue weighted by Gasteiger charge is 2.08. The summed E-state index contributed by atoms with van der Waals surface area (Å²) >= 11 is 1.78. The molecule has 2 aromatic rings. The number of hydrogen-bond acceptors (Lipinski definition) is 4. The van der Waals surface area contributed by atoms with Crippen LogP contribution in [0.4, 0.5) is 0 Å². The number of hydrogen-bond donors (Lipinski definition) is 1. The van der Waals surface area contributed by atoms with E-state index in [1.807, 2.05) is 19.9 Å². The van der Waals surface area contributed by atoms with Gasteiger partial charge in [0.25, 0.3) is 0 Å². The Morgan fingerprint density at radius 3 is 2.43 bits per heavy atom. The quantitative estimate of drug-likeness (QED) is 0.713. The van der Waals surface area contributed by atoms with Crippen LogP contribution >= 0.6 is 11.3 Å². The second kappa shape index (κ2) is 8.95. The van der Waals surface area contributed by atoms with E-state index in [1.165, 1.54) is 16.0 Å². The molecule has 0 fully saturated rings. The van der Waals surface area contributed by atoms with E-state index in [9.17, 15) is 0 Å². The average Bonchev–Trinajstić information content (AvgIpc) is 2.97. The maximum atomic E-state index is 5.51. The molecule has 0 spiro atoms. The van der Waals surface area contributed by atoms with Gasteiger partial charge in [0.1, 0.15) is 0 Å². The summed E-state index contributed by atoms with van der Waals surface area (Å²) in [5.41, 5.74) is 2.55. The van der Waals surface area contributed by atoms with E-state index in [1.54, 1.807) is 11.3 Å². The van der Waals surface area contributed by atoms with Crippen molar-refractivity contribution in [2.45, 2.75) is 26.7 Å². The van der Waals surface area contributed by atoms with Crippen molar-refractivity contribution in [3.8, 4) is 11.1 Å². The maximum Gasteiger partial charge on any atom is 0.169 e. The van der Waals surface area contributed by atoms with E-state index in [0.717, 1.165) is 6.54 Å². The summed E-state index contributed by atoms with van der Waals surface area (Å²) in [5.74, 6) is 0. The molecule has 1 aromatic carbocycles. The standard InChI is InChI=1S/C17H23NO2S/c1-3-19-17(20-4-2)12-18-11-16-10-15(13-21-16)14-8-6-5-7-9-14/h5-10,13,17-18H,3-4,11-12H2,1-2H3. The Labute approximate surface area is 130 Å². The number of ether oxygens (including phenoxy) is 2. The number of rotatable bonds is 9. The summed E-state index contributed by atoms with van der Waals surface area (Å²) in [5, 5.41) is 5.60. The molecule has 0 atom stereocenters. The van der Waals surface area contributed by atoms with Gasteiger partial charge in [-0.05, 0) is 36.4 Å². The minimum Gasteiger partial charge on any atom is -0.352 e. The molecule has 0 bridgehead atoms. The number of thiophene rings is 1. The lowest BCUT2D eigenvalue weighted by Gasteiger charge is -2.17. The van der Waals surface area contributed by atoms with Crippen LogP contribution in [0.1, 0.15) is 18.7 Å². The van der Waals surface area contributed by atoms with Gasteiger partial charge in [0.15, 0.2) is 6.29 Å². The lowest BCUT2D eigenvalue weighted by Crippen LogP contribution is -2.31. The van der Waals surface area contributed by atoms with Gasteiger partial charge >= 0.3 is 0 Å². The first-order chi connectivity index (χ1) is 10.3. The molecule has 114 valence electrons. The van der Waals surface area contributed by atoms with E-state index >= 15 is 0 Å². The van der Waals surface area contributed by atoms with Gasteiger partial charge < -0.3 is 14.8 Å². The SMILES string of the molecule is CCOC(CNCc1cc(-c2ccccc2)cs1)OCC. The zero-order valence-corrected chi connectivity index (χ0v) is 13.5. The third-order valence-electron chi connectivity index (χ3n) is 3.08. The van der Waals surface area contributed by atoms with Crippen molar-refractivity contribution in [2.24, 2.45) is 0 Å². The van der Waals surface area contributed by atoms with Crippen molar-refractivity contribution in [1.82, 2.24) is 5.32 Å². The van der Waals surface area contributed by atoms with Gasteiger partial charge in [-0.1, -0.05) is 30.3 Å². The van der Waals surface area contributed by atoms with Crippen molar-refractivity contribution < 1.29 is 9.47 Å². The molecule has 0 radical (unpaired) electrons. The Morgan fingerprint density at radius 2 is 1.76 bits per heavy atom. The molecule has 4 heteroatoms. The van der Waals surface area contributed by atoms with Crippen molar-refractivity contribution in [3.63, 3.8) is 0 Å². The summed E-state index contributed by atoms with van der Waals surface area (Å²) in [7, 11) is 0. The van der Waals surface area contributed by atoms with E-state index in [0.29, 0.717) is 19.8 Å². The van der Waals surface area contributed by atoms with Crippen molar-refractivity contribution in [3.05, 3.63) is 46.7 Å². The van der Waals surface area contributed by atoms with Crippen LogP contribution in [-0.2, 0) is 16.0 Å². The molecule has 0 aliphatic rings.